The predicted molar refractivity (Wildman–Crippen MR) is 73.8 cm³/mol. The third-order valence-corrected chi connectivity index (χ3v) is 3.05. The zero-order chi connectivity index (χ0) is 13.1. The van der Waals surface area contributed by atoms with Crippen LogP contribution in [0.1, 0.15) is 11.4 Å². The number of benzene rings is 1. The largest absolute Gasteiger partial charge is 0.496 e. The molecule has 2 rings (SSSR count). The van der Waals surface area contributed by atoms with Gasteiger partial charge in [0.15, 0.2) is 0 Å². The zero-order valence-corrected chi connectivity index (χ0v) is 12.2. The summed E-state index contributed by atoms with van der Waals surface area (Å²) in [6.07, 6.45) is 0. The molecule has 6 heteroatoms. The summed E-state index contributed by atoms with van der Waals surface area (Å²) in [5.41, 5.74) is 1.07. The van der Waals surface area contributed by atoms with Crippen LogP contribution in [0.5, 0.6) is 5.75 Å². The van der Waals surface area contributed by atoms with Crippen LogP contribution in [0, 0.1) is 6.92 Å². The Morgan fingerprint density at radius 3 is 2.83 bits per heavy atom. The van der Waals surface area contributed by atoms with E-state index in [9.17, 15) is 0 Å². The highest BCUT2D eigenvalue weighted by Crippen LogP contribution is 2.24. The molecule has 96 valence electrons. The van der Waals surface area contributed by atoms with Crippen LogP contribution in [-0.4, -0.2) is 21.9 Å². The molecule has 0 fully saturated rings. The lowest BCUT2D eigenvalue weighted by Gasteiger charge is -2.10. The number of halogens is 1. The highest BCUT2D eigenvalue weighted by atomic mass is 79.9. The third kappa shape index (κ3) is 2.81. The summed E-state index contributed by atoms with van der Waals surface area (Å²) < 4.78 is 8.06. The number of methoxy groups -OCH3 is 1. The second-order valence-electron chi connectivity index (χ2n) is 3.92. The van der Waals surface area contributed by atoms with E-state index in [0.29, 0.717) is 6.54 Å². The quantitative estimate of drug-likeness (QED) is 0.942. The molecular formula is C12H15BrN4O. The van der Waals surface area contributed by atoms with Crippen LogP contribution in [0.3, 0.4) is 0 Å². The monoisotopic (exact) mass is 310 g/mol. The molecule has 0 aliphatic rings. The predicted octanol–water partition coefficient (Wildman–Crippen LogP) is 2.51. The van der Waals surface area contributed by atoms with Crippen LogP contribution in [0.2, 0.25) is 0 Å². The fraction of sp³-hybridized carbons (Fsp3) is 0.333. The van der Waals surface area contributed by atoms with Gasteiger partial charge in [-0.25, -0.2) is 4.68 Å². The van der Waals surface area contributed by atoms with Gasteiger partial charge in [0.25, 0.3) is 0 Å². The van der Waals surface area contributed by atoms with Crippen molar-refractivity contribution < 1.29 is 4.74 Å². The van der Waals surface area contributed by atoms with Gasteiger partial charge < -0.3 is 10.1 Å². The summed E-state index contributed by atoms with van der Waals surface area (Å²) in [7, 11) is 3.53. The molecule has 0 radical (unpaired) electrons. The Hall–Kier alpha value is -1.56. The van der Waals surface area contributed by atoms with Crippen LogP contribution in [0.25, 0.3) is 0 Å². The van der Waals surface area contributed by atoms with Crippen molar-refractivity contribution in [2.45, 2.75) is 13.5 Å². The zero-order valence-electron chi connectivity index (χ0n) is 10.6. The molecular weight excluding hydrogens is 296 g/mol. The summed E-state index contributed by atoms with van der Waals surface area (Å²) in [4.78, 5) is 4.29. The number of hydrogen-bond acceptors (Lipinski definition) is 4. The molecule has 1 heterocycles. The molecule has 0 atom stereocenters. The van der Waals surface area contributed by atoms with Crippen molar-refractivity contribution in [1.82, 2.24) is 14.8 Å². The minimum atomic E-state index is 0.641. The van der Waals surface area contributed by atoms with E-state index in [1.165, 1.54) is 0 Å². The first kappa shape index (κ1) is 12.9. The number of aryl methyl sites for hydroxylation is 2. The Bertz CT molecular complexity index is 553. The number of hydrogen-bond donors (Lipinski definition) is 1. The summed E-state index contributed by atoms with van der Waals surface area (Å²) >= 11 is 3.42. The molecule has 5 nitrogen and oxygen atoms in total. The van der Waals surface area contributed by atoms with Gasteiger partial charge in [-0.2, -0.15) is 10.1 Å². The van der Waals surface area contributed by atoms with Crippen molar-refractivity contribution in [3.8, 4) is 5.75 Å². The standard InChI is InChI=1S/C12H15BrN4O/c1-8-15-12(17(2)16-8)14-7-9-4-5-10(13)6-11(9)18-3/h4-6H,7H2,1-3H3,(H,14,15,16). The molecule has 0 aliphatic carbocycles. The van der Waals surface area contributed by atoms with Gasteiger partial charge in [0.2, 0.25) is 5.95 Å². The smallest absolute Gasteiger partial charge is 0.221 e. The molecule has 1 aromatic heterocycles. The fourth-order valence-corrected chi connectivity index (χ4v) is 2.05. The summed E-state index contributed by atoms with van der Waals surface area (Å²) in [5, 5.41) is 7.42. The van der Waals surface area contributed by atoms with Gasteiger partial charge in [0.05, 0.1) is 7.11 Å². The normalized spacial score (nSPS) is 10.4. The molecule has 0 amide bonds. The first-order valence-electron chi connectivity index (χ1n) is 5.54. The number of rotatable bonds is 4. The molecule has 1 aromatic carbocycles. The molecule has 0 unspecified atom stereocenters. The Morgan fingerprint density at radius 1 is 1.44 bits per heavy atom. The summed E-state index contributed by atoms with van der Waals surface area (Å²) in [6, 6.07) is 5.94. The second-order valence-corrected chi connectivity index (χ2v) is 4.83. The van der Waals surface area contributed by atoms with Gasteiger partial charge >= 0.3 is 0 Å². The van der Waals surface area contributed by atoms with E-state index in [-0.39, 0.29) is 0 Å². The molecule has 0 saturated carbocycles. The van der Waals surface area contributed by atoms with Crippen LogP contribution in [-0.2, 0) is 13.6 Å². The molecule has 2 aromatic rings. The summed E-state index contributed by atoms with van der Waals surface area (Å²) in [5.74, 6) is 2.34. The van der Waals surface area contributed by atoms with E-state index in [0.717, 1.165) is 27.6 Å². The van der Waals surface area contributed by atoms with E-state index in [1.807, 2.05) is 32.2 Å². The van der Waals surface area contributed by atoms with Gasteiger partial charge in [-0.1, -0.05) is 22.0 Å². The molecule has 1 N–H and O–H groups in total. The van der Waals surface area contributed by atoms with Crippen LogP contribution in [0.15, 0.2) is 22.7 Å². The van der Waals surface area contributed by atoms with Crippen molar-refractivity contribution in [1.29, 1.82) is 0 Å². The van der Waals surface area contributed by atoms with E-state index < -0.39 is 0 Å². The number of ether oxygens (including phenoxy) is 1. The lowest BCUT2D eigenvalue weighted by atomic mass is 10.2. The maximum atomic E-state index is 5.34. The van der Waals surface area contributed by atoms with Crippen LogP contribution in [0.4, 0.5) is 5.95 Å². The van der Waals surface area contributed by atoms with Crippen LogP contribution >= 0.6 is 15.9 Å². The highest BCUT2D eigenvalue weighted by Gasteiger charge is 2.06. The van der Waals surface area contributed by atoms with Crippen molar-refractivity contribution in [3.63, 3.8) is 0 Å². The number of nitrogens with zero attached hydrogens (tertiary/aromatic N) is 3. The average Bonchev–Trinajstić information content (AvgIpc) is 2.66. The lowest BCUT2D eigenvalue weighted by Crippen LogP contribution is -2.06. The van der Waals surface area contributed by atoms with Crippen molar-refractivity contribution >= 4 is 21.9 Å². The Morgan fingerprint density at radius 2 is 2.22 bits per heavy atom. The van der Waals surface area contributed by atoms with Gasteiger partial charge in [-0.05, 0) is 19.1 Å². The van der Waals surface area contributed by atoms with E-state index in [1.54, 1.807) is 11.8 Å². The van der Waals surface area contributed by atoms with E-state index in [4.69, 9.17) is 4.74 Å². The van der Waals surface area contributed by atoms with Gasteiger partial charge in [-0.3, -0.25) is 0 Å². The van der Waals surface area contributed by atoms with Gasteiger partial charge in [0.1, 0.15) is 11.6 Å². The first-order chi connectivity index (χ1) is 8.60. The number of anilines is 1. The topological polar surface area (TPSA) is 52.0 Å². The van der Waals surface area contributed by atoms with Gasteiger partial charge in [0, 0.05) is 23.6 Å². The Kier molecular flexibility index (Phi) is 3.86. The second kappa shape index (κ2) is 5.39. The molecule has 0 aliphatic heterocycles. The molecule has 0 bridgehead atoms. The maximum Gasteiger partial charge on any atom is 0.221 e. The SMILES string of the molecule is COc1cc(Br)ccc1CNc1nc(C)nn1C. The Balaban J connectivity index is 2.13. The summed E-state index contributed by atoms with van der Waals surface area (Å²) in [6.45, 7) is 2.51. The highest BCUT2D eigenvalue weighted by molar-refractivity contribution is 9.10. The fourth-order valence-electron chi connectivity index (χ4n) is 1.71. The minimum Gasteiger partial charge on any atom is -0.496 e. The van der Waals surface area contributed by atoms with Gasteiger partial charge in [-0.15, -0.1) is 0 Å². The van der Waals surface area contributed by atoms with E-state index in [2.05, 4.69) is 31.3 Å². The maximum absolute atomic E-state index is 5.34. The molecule has 0 spiro atoms. The first-order valence-corrected chi connectivity index (χ1v) is 6.33. The number of nitrogens with one attached hydrogen (secondary N) is 1. The molecule has 18 heavy (non-hydrogen) atoms. The third-order valence-electron chi connectivity index (χ3n) is 2.56. The van der Waals surface area contributed by atoms with E-state index >= 15 is 0 Å². The molecule has 0 saturated heterocycles. The van der Waals surface area contributed by atoms with Crippen molar-refractivity contribution in [2.24, 2.45) is 7.05 Å². The van der Waals surface area contributed by atoms with Crippen molar-refractivity contribution in [3.05, 3.63) is 34.1 Å². The number of aromatic nitrogens is 3. The Labute approximate surface area is 114 Å². The van der Waals surface area contributed by atoms with Crippen LogP contribution < -0.4 is 10.1 Å². The average molecular weight is 311 g/mol. The lowest BCUT2D eigenvalue weighted by molar-refractivity contribution is 0.410. The van der Waals surface area contributed by atoms with Crippen molar-refractivity contribution in [2.75, 3.05) is 12.4 Å². The minimum absolute atomic E-state index is 0.641.